The molecule has 0 atom stereocenters. The minimum Gasteiger partial charge on any atom is -0.348 e. The van der Waals surface area contributed by atoms with Crippen molar-refractivity contribution in [1.29, 1.82) is 0 Å². The fraction of sp³-hybridized carbons (Fsp3) is 0.800. The maximum absolute atomic E-state index is 6.07. The molecule has 0 spiro atoms. The highest BCUT2D eigenvalue weighted by Crippen LogP contribution is 2.44. The van der Waals surface area contributed by atoms with Crippen LogP contribution < -0.4 is 0 Å². The van der Waals surface area contributed by atoms with Crippen LogP contribution in [-0.4, -0.2) is 13.2 Å². The van der Waals surface area contributed by atoms with Crippen LogP contribution in [0.3, 0.4) is 0 Å². The normalized spacial score (nSPS) is 33.8. The summed E-state index contributed by atoms with van der Waals surface area (Å²) in [5.74, 6) is 4.40. The minimum absolute atomic E-state index is 0.162. The van der Waals surface area contributed by atoms with Crippen molar-refractivity contribution in [3.63, 3.8) is 0 Å². The van der Waals surface area contributed by atoms with Crippen molar-refractivity contribution in [1.82, 2.24) is 0 Å². The number of ether oxygens (including phenoxy) is 2. The first-order valence-electron chi connectivity index (χ1n) is 14.1. The molecule has 4 rings (SSSR count). The lowest BCUT2D eigenvalue weighted by Gasteiger charge is -2.38. The van der Waals surface area contributed by atoms with E-state index in [0.29, 0.717) is 5.92 Å². The fourth-order valence-electron chi connectivity index (χ4n) is 6.79. The van der Waals surface area contributed by atoms with Crippen LogP contribution in [0.5, 0.6) is 0 Å². The summed E-state index contributed by atoms with van der Waals surface area (Å²) in [5, 5.41) is 0. The Hall–Kier alpha value is -0.860. The van der Waals surface area contributed by atoms with E-state index in [1.165, 1.54) is 101 Å². The van der Waals surface area contributed by atoms with Crippen molar-refractivity contribution in [3.05, 3.63) is 35.4 Å². The predicted molar refractivity (Wildman–Crippen MR) is 134 cm³/mol. The van der Waals surface area contributed by atoms with Crippen molar-refractivity contribution in [2.45, 2.75) is 116 Å². The van der Waals surface area contributed by atoms with Gasteiger partial charge < -0.3 is 9.47 Å². The highest BCUT2D eigenvalue weighted by molar-refractivity contribution is 5.26. The molecule has 2 aliphatic carbocycles. The average molecular weight is 441 g/mol. The van der Waals surface area contributed by atoms with Crippen LogP contribution in [0.1, 0.15) is 127 Å². The lowest BCUT2D eigenvalue weighted by molar-refractivity contribution is -0.206. The Kier molecular flexibility index (Phi) is 9.53. The van der Waals surface area contributed by atoms with Crippen LogP contribution in [0.15, 0.2) is 24.3 Å². The molecule has 1 aromatic rings. The van der Waals surface area contributed by atoms with Crippen LogP contribution in [-0.2, 0) is 9.47 Å². The summed E-state index contributed by atoms with van der Waals surface area (Å²) in [6.45, 7) is 6.30. The van der Waals surface area contributed by atoms with Crippen LogP contribution >= 0.6 is 0 Å². The van der Waals surface area contributed by atoms with Crippen LogP contribution in [0, 0.1) is 23.7 Å². The third kappa shape index (κ3) is 6.60. The van der Waals surface area contributed by atoms with Gasteiger partial charge in [0.1, 0.15) is 0 Å². The number of unbranched alkanes of at least 4 members (excludes halogenated alkanes) is 2. The molecule has 0 unspecified atom stereocenters. The van der Waals surface area contributed by atoms with Gasteiger partial charge in [0.25, 0.3) is 0 Å². The van der Waals surface area contributed by atoms with Crippen molar-refractivity contribution in [2.24, 2.45) is 23.7 Å². The zero-order chi connectivity index (χ0) is 22.2. The molecule has 3 aliphatic rings. The van der Waals surface area contributed by atoms with E-state index in [1.807, 2.05) is 0 Å². The van der Waals surface area contributed by atoms with Crippen molar-refractivity contribution in [2.75, 3.05) is 13.2 Å². The Morgan fingerprint density at radius 2 is 1.22 bits per heavy atom. The van der Waals surface area contributed by atoms with E-state index in [-0.39, 0.29) is 6.29 Å². The van der Waals surface area contributed by atoms with Gasteiger partial charge in [0.15, 0.2) is 6.29 Å². The maximum Gasteiger partial charge on any atom is 0.183 e. The molecule has 0 N–H and O–H groups in total. The number of hydrogen-bond acceptors (Lipinski definition) is 2. The van der Waals surface area contributed by atoms with Crippen LogP contribution in [0.25, 0.3) is 0 Å². The Bertz CT molecular complexity index is 629. The molecule has 0 amide bonds. The molecule has 1 saturated heterocycles. The fourth-order valence-corrected chi connectivity index (χ4v) is 6.79. The first-order valence-corrected chi connectivity index (χ1v) is 14.1. The van der Waals surface area contributed by atoms with Crippen molar-refractivity contribution < 1.29 is 9.47 Å². The third-order valence-electron chi connectivity index (χ3n) is 8.89. The Morgan fingerprint density at radius 1 is 0.625 bits per heavy atom. The monoisotopic (exact) mass is 440 g/mol. The van der Waals surface area contributed by atoms with Gasteiger partial charge >= 0.3 is 0 Å². The Balaban J connectivity index is 1.19. The van der Waals surface area contributed by atoms with Gasteiger partial charge in [0.2, 0.25) is 0 Å². The molecule has 1 heterocycles. The summed E-state index contributed by atoms with van der Waals surface area (Å²) in [7, 11) is 0. The number of rotatable bonds is 9. The predicted octanol–water partition coefficient (Wildman–Crippen LogP) is 8.81. The van der Waals surface area contributed by atoms with Crippen LogP contribution in [0.4, 0.5) is 0 Å². The van der Waals surface area contributed by atoms with Crippen molar-refractivity contribution >= 4 is 0 Å². The molecule has 2 nitrogen and oxygen atoms in total. The van der Waals surface area contributed by atoms with E-state index in [4.69, 9.17) is 9.47 Å². The second-order valence-corrected chi connectivity index (χ2v) is 11.2. The third-order valence-corrected chi connectivity index (χ3v) is 8.89. The first-order chi connectivity index (χ1) is 15.8. The van der Waals surface area contributed by atoms with Gasteiger partial charge in [-0.2, -0.15) is 0 Å². The van der Waals surface area contributed by atoms with Gasteiger partial charge in [-0.3, -0.25) is 0 Å². The lowest BCUT2D eigenvalue weighted by atomic mass is 9.68. The van der Waals surface area contributed by atoms with Crippen molar-refractivity contribution in [3.8, 4) is 0 Å². The van der Waals surface area contributed by atoms with E-state index < -0.39 is 0 Å². The molecule has 0 bridgehead atoms. The number of hydrogen-bond donors (Lipinski definition) is 0. The molecule has 1 aliphatic heterocycles. The minimum atomic E-state index is -0.162. The summed E-state index contributed by atoms with van der Waals surface area (Å²) in [5.41, 5.74) is 2.73. The standard InChI is InChI=1S/C30H48O2/c1-3-5-6-8-24-21-31-30(32-22-24)29-19-17-28(18-20-29)27-15-13-26(14-16-27)25-11-9-23(7-4-2)10-12-25/h17-20,23-27,30H,3-16,21-22H2,1-2H3. The molecule has 1 aromatic carbocycles. The molecule has 32 heavy (non-hydrogen) atoms. The quantitative estimate of drug-likeness (QED) is 0.357. The molecule has 0 aromatic heterocycles. The van der Waals surface area contributed by atoms with Gasteiger partial charge in [-0.05, 0) is 74.2 Å². The number of benzene rings is 1. The molecular weight excluding hydrogens is 392 g/mol. The maximum atomic E-state index is 6.07. The smallest absolute Gasteiger partial charge is 0.183 e. The summed E-state index contributed by atoms with van der Waals surface area (Å²) in [4.78, 5) is 0. The zero-order valence-corrected chi connectivity index (χ0v) is 20.9. The summed E-state index contributed by atoms with van der Waals surface area (Å²) >= 11 is 0. The zero-order valence-electron chi connectivity index (χ0n) is 20.9. The van der Waals surface area contributed by atoms with Gasteiger partial charge in [-0.15, -0.1) is 0 Å². The SMILES string of the molecule is CCCCCC1COC(c2ccc(C3CCC(C4CCC(CCC)CC4)CC3)cc2)OC1. The van der Waals surface area contributed by atoms with E-state index in [1.54, 1.807) is 0 Å². The average Bonchev–Trinajstić information content (AvgIpc) is 2.86. The summed E-state index contributed by atoms with van der Waals surface area (Å²) < 4.78 is 12.1. The van der Waals surface area contributed by atoms with Gasteiger partial charge in [0.05, 0.1) is 13.2 Å². The summed E-state index contributed by atoms with van der Waals surface area (Å²) in [6.07, 6.45) is 19.5. The molecule has 0 radical (unpaired) electrons. The first kappa shape index (κ1) is 24.3. The highest BCUT2D eigenvalue weighted by atomic mass is 16.7. The van der Waals surface area contributed by atoms with Gasteiger partial charge in [-0.25, -0.2) is 0 Å². The van der Waals surface area contributed by atoms with Crippen LogP contribution in [0.2, 0.25) is 0 Å². The van der Waals surface area contributed by atoms with E-state index >= 15 is 0 Å². The molecule has 2 heteroatoms. The Morgan fingerprint density at radius 3 is 1.81 bits per heavy atom. The lowest BCUT2D eigenvalue weighted by Crippen LogP contribution is -2.27. The second-order valence-electron chi connectivity index (χ2n) is 11.2. The molecule has 3 fully saturated rings. The van der Waals surface area contributed by atoms with Gasteiger partial charge in [-0.1, -0.05) is 83.1 Å². The molecule has 180 valence electrons. The molecular formula is C30H48O2. The largest absolute Gasteiger partial charge is 0.348 e. The van der Waals surface area contributed by atoms with E-state index in [0.717, 1.165) is 36.9 Å². The molecule has 2 saturated carbocycles. The highest BCUT2D eigenvalue weighted by Gasteiger charge is 2.31. The topological polar surface area (TPSA) is 18.5 Å². The van der Waals surface area contributed by atoms with E-state index in [2.05, 4.69) is 38.1 Å². The van der Waals surface area contributed by atoms with E-state index in [9.17, 15) is 0 Å². The van der Waals surface area contributed by atoms with Gasteiger partial charge in [0, 0.05) is 11.5 Å². The summed E-state index contributed by atoms with van der Waals surface area (Å²) in [6, 6.07) is 9.24. The Labute approximate surface area is 197 Å². The second kappa shape index (κ2) is 12.6.